The van der Waals surface area contributed by atoms with Gasteiger partial charge in [-0.15, -0.1) is 0 Å². The number of carbonyl (C=O) groups is 1. The van der Waals surface area contributed by atoms with Gasteiger partial charge in [-0.2, -0.15) is 10.2 Å². The van der Waals surface area contributed by atoms with Gasteiger partial charge >= 0.3 is 5.69 Å². The van der Waals surface area contributed by atoms with Gasteiger partial charge in [0.05, 0.1) is 31.3 Å². The third-order valence-corrected chi connectivity index (χ3v) is 9.67. The lowest BCUT2D eigenvalue weighted by atomic mass is 9.94. The second-order valence-corrected chi connectivity index (χ2v) is 12.5. The van der Waals surface area contributed by atoms with Crippen molar-refractivity contribution in [3.63, 3.8) is 0 Å². The van der Waals surface area contributed by atoms with Crippen molar-refractivity contribution in [3.05, 3.63) is 58.1 Å². The maximum Gasteiger partial charge on any atom is 0.351 e. The van der Waals surface area contributed by atoms with Gasteiger partial charge < -0.3 is 19.1 Å². The minimum absolute atomic E-state index is 0.185. The van der Waals surface area contributed by atoms with Crippen LogP contribution < -0.4 is 11.0 Å². The summed E-state index contributed by atoms with van der Waals surface area (Å²) >= 11 is 0. The van der Waals surface area contributed by atoms with Crippen LogP contribution in [0.5, 0.6) is 0 Å². The number of nitrogens with one attached hydrogen (secondary N) is 1. The van der Waals surface area contributed by atoms with Crippen LogP contribution in [0, 0.1) is 30.1 Å². The van der Waals surface area contributed by atoms with Gasteiger partial charge in [0.15, 0.2) is 0 Å². The Bertz CT molecular complexity index is 1260. The smallest absolute Gasteiger partial charge is 0.351 e. The Labute approximate surface area is 237 Å². The fraction of sp³-hybridized carbons (Fsp3) is 0.586. The Morgan fingerprint density at radius 1 is 1.25 bits per heavy atom. The number of hydrogen-bond acceptors (Lipinski definition) is 8. The van der Waals surface area contributed by atoms with Crippen molar-refractivity contribution >= 4 is 20.3 Å². The van der Waals surface area contributed by atoms with Crippen LogP contribution in [0.4, 0.5) is 5.82 Å². The number of aryl methyl sites for hydroxylation is 1. The minimum atomic E-state index is -1.40. The molecular formula is C29H40N5O5P. The standard InChI is InChI=1S/C29H40N5O5P/c1-18(2)34(19(3)4)40(37-14-10-13-30)39-24-15-20(5)23-16-25(38-26(23)24)33-17-21(6)27(32-29(33)36)31-28(35)22-11-8-7-9-12-22/h7-9,11-12,17-20,23-26H,10,14-16H2,1-6H3,(H,31,32,35,36)/t20-,23+,24-,25+,26+,40?/m1/s1. The molecule has 40 heavy (non-hydrogen) atoms. The van der Waals surface area contributed by atoms with Crippen LogP contribution in [0.25, 0.3) is 0 Å². The highest BCUT2D eigenvalue weighted by molar-refractivity contribution is 7.44. The largest absolute Gasteiger partial charge is 0.352 e. The van der Waals surface area contributed by atoms with Gasteiger partial charge in [-0.1, -0.05) is 25.1 Å². The molecule has 6 atom stereocenters. The molecule has 0 spiro atoms. The Balaban J connectivity index is 1.49. The van der Waals surface area contributed by atoms with Gasteiger partial charge in [0.25, 0.3) is 14.4 Å². The van der Waals surface area contributed by atoms with E-state index in [9.17, 15) is 9.59 Å². The summed E-state index contributed by atoms with van der Waals surface area (Å²) in [5.41, 5.74) is 0.686. The zero-order valence-corrected chi connectivity index (χ0v) is 25.0. The molecule has 1 saturated heterocycles. The van der Waals surface area contributed by atoms with Crippen molar-refractivity contribution in [1.29, 1.82) is 5.26 Å². The lowest BCUT2D eigenvalue weighted by Crippen LogP contribution is -2.36. The predicted molar refractivity (Wildman–Crippen MR) is 154 cm³/mol. The average molecular weight is 570 g/mol. The normalized spacial score (nSPS) is 24.9. The predicted octanol–water partition coefficient (Wildman–Crippen LogP) is 5.41. The Kier molecular flexibility index (Phi) is 10.1. The van der Waals surface area contributed by atoms with Gasteiger partial charge in [0, 0.05) is 29.4 Å². The second kappa shape index (κ2) is 13.3. The number of nitriles is 1. The van der Waals surface area contributed by atoms with Crippen molar-refractivity contribution in [2.45, 2.75) is 91.3 Å². The van der Waals surface area contributed by atoms with Gasteiger partial charge in [-0.25, -0.2) is 9.46 Å². The molecule has 1 aliphatic heterocycles. The lowest BCUT2D eigenvalue weighted by Gasteiger charge is -2.37. The first kappa shape index (κ1) is 30.3. The first-order chi connectivity index (χ1) is 19.1. The highest BCUT2D eigenvalue weighted by Gasteiger charge is 2.51. The number of anilines is 1. The summed E-state index contributed by atoms with van der Waals surface area (Å²) in [5.74, 6) is 0.489. The highest BCUT2D eigenvalue weighted by Crippen LogP contribution is 2.54. The molecule has 2 aliphatic rings. The molecule has 1 aromatic heterocycles. The minimum Gasteiger partial charge on any atom is -0.352 e. The summed E-state index contributed by atoms with van der Waals surface area (Å²) in [5, 5.41) is 11.8. The van der Waals surface area contributed by atoms with E-state index >= 15 is 0 Å². The van der Waals surface area contributed by atoms with Gasteiger partial charge in [-0.05, 0) is 71.4 Å². The molecule has 1 aromatic carbocycles. The van der Waals surface area contributed by atoms with E-state index in [0.29, 0.717) is 36.5 Å². The van der Waals surface area contributed by atoms with Gasteiger partial charge in [0.2, 0.25) is 0 Å². The monoisotopic (exact) mass is 569 g/mol. The molecule has 10 nitrogen and oxygen atoms in total. The summed E-state index contributed by atoms with van der Waals surface area (Å²) in [6, 6.07) is 11.4. The molecule has 1 unspecified atom stereocenters. The molecule has 1 saturated carbocycles. The molecule has 11 heteroatoms. The summed E-state index contributed by atoms with van der Waals surface area (Å²) < 4.78 is 23.0. The Hall–Kier alpha value is -2.67. The summed E-state index contributed by atoms with van der Waals surface area (Å²) in [4.78, 5) is 29.9. The number of benzene rings is 1. The molecular weight excluding hydrogens is 529 g/mol. The number of nitrogens with zero attached hydrogens (tertiary/aromatic N) is 4. The maximum atomic E-state index is 13.1. The van der Waals surface area contributed by atoms with E-state index < -0.39 is 20.4 Å². The van der Waals surface area contributed by atoms with Gasteiger partial charge in [0.1, 0.15) is 12.0 Å². The van der Waals surface area contributed by atoms with E-state index in [0.717, 1.165) is 6.42 Å². The Morgan fingerprint density at radius 2 is 1.95 bits per heavy atom. The number of ether oxygens (including phenoxy) is 1. The van der Waals surface area contributed by atoms with Crippen molar-refractivity contribution in [2.24, 2.45) is 11.8 Å². The maximum absolute atomic E-state index is 13.1. The van der Waals surface area contributed by atoms with Crippen LogP contribution >= 0.6 is 8.53 Å². The zero-order valence-electron chi connectivity index (χ0n) is 24.1. The van der Waals surface area contributed by atoms with Crippen molar-refractivity contribution < 1.29 is 18.6 Å². The van der Waals surface area contributed by atoms with Crippen LogP contribution in [0.3, 0.4) is 0 Å². The molecule has 2 fully saturated rings. The van der Waals surface area contributed by atoms with Crippen LogP contribution in [0.1, 0.15) is 76.0 Å². The summed E-state index contributed by atoms with van der Waals surface area (Å²) in [6.07, 6.45) is 2.67. The van der Waals surface area contributed by atoms with Crippen molar-refractivity contribution in [2.75, 3.05) is 11.9 Å². The van der Waals surface area contributed by atoms with Crippen molar-refractivity contribution in [3.8, 4) is 6.07 Å². The molecule has 1 N–H and O–H groups in total. The number of fused-ring (bicyclic) bond motifs is 1. The number of aromatic nitrogens is 2. The van der Waals surface area contributed by atoms with Crippen LogP contribution in [-0.2, 0) is 13.8 Å². The molecule has 2 heterocycles. The van der Waals surface area contributed by atoms with E-state index in [-0.39, 0.29) is 41.9 Å². The lowest BCUT2D eigenvalue weighted by molar-refractivity contribution is -0.0512. The van der Waals surface area contributed by atoms with Crippen molar-refractivity contribution in [1.82, 2.24) is 14.2 Å². The van der Waals surface area contributed by atoms with E-state index in [1.54, 1.807) is 30.5 Å². The fourth-order valence-electron chi connectivity index (χ4n) is 5.66. The molecule has 0 bridgehead atoms. The van der Waals surface area contributed by atoms with Gasteiger partial charge in [-0.3, -0.25) is 9.36 Å². The number of hydrogen-bond donors (Lipinski definition) is 1. The van der Waals surface area contributed by atoms with E-state index in [1.165, 1.54) is 4.57 Å². The molecule has 216 valence electrons. The Morgan fingerprint density at radius 3 is 2.60 bits per heavy atom. The first-order valence-electron chi connectivity index (χ1n) is 14.0. The first-order valence-corrected chi connectivity index (χ1v) is 15.1. The summed E-state index contributed by atoms with van der Waals surface area (Å²) in [6.45, 7) is 12.8. The van der Waals surface area contributed by atoms with Crippen LogP contribution in [0.15, 0.2) is 41.3 Å². The van der Waals surface area contributed by atoms with Crippen LogP contribution in [-0.4, -0.2) is 51.0 Å². The third-order valence-electron chi connectivity index (χ3n) is 7.51. The van der Waals surface area contributed by atoms with E-state index in [2.05, 4.69) is 55.7 Å². The number of carbonyl (C=O) groups excluding carboxylic acids is 1. The quantitative estimate of drug-likeness (QED) is 0.282. The topological polar surface area (TPSA) is 119 Å². The zero-order chi connectivity index (χ0) is 29.0. The molecule has 1 amide bonds. The third kappa shape index (κ3) is 6.79. The van der Waals surface area contributed by atoms with E-state index in [4.69, 9.17) is 19.0 Å². The molecule has 4 rings (SSSR count). The SMILES string of the molecule is Cc1cn([C@@H]2C[C@@H]3[C@H](O2)[C@H](OP(OCCC#N)N(C(C)C)C(C)C)C[C@H]3C)c(=O)nc1NC(=O)c1ccccc1. The summed E-state index contributed by atoms with van der Waals surface area (Å²) in [7, 11) is -1.40. The molecule has 1 aliphatic carbocycles. The highest BCUT2D eigenvalue weighted by atomic mass is 31.2. The van der Waals surface area contributed by atoms with Crippen LogP contribution in [0.2, 0.25) is 0 Å². The number of amides is 1. The van der Waals surface area contributed by atoms with E-state index in [1.807, 2.05) is 13.0 Å². The second-order valence-electron chi connectivity index (χ2n) is 11.1. The fourth-order valence-corrected chi connectivity index (χ4v) is 7.40. The number of rotatable bonds is 11. The molecule has 0 radical (unpaired) electrons. The average Bonchev–Trinajstić information content (AvgIpc) is 3.46. The molecule has 2 aromatic rings.